The Kier molecular flexibility index (Phi) is 3.82. The molecule has 2 aromatic carbocycles. The van der Waals surface area contributed by atoms with Gasteiger partial charge in [0.25, 0.3) is 0 Å². The molecular formula is C15H17FN2. The molecule has 0 unspecified atom stereocenters. The van der Waals surface area contributed by atoms with Gasteiger partial charge in [-0.15, -0.1) is 0 Å². The van der Waals surface area contributed by atoms with Crippen molar-refractivity contribution in [1.29, 1.82) is 0 Å². The minimum Gasteiger partial charge on any atom is -0.396 e. The van der Waals surface area contributed by atoms with Gasteiger partial charge >= 0.3 is 0 Å². The number of hydrogen-bond acceptors (Lipinski definition) is 2. The van der Waals surface area contributed by atoms with E-state index in [1.165, 1.54) is 17.2 Å². The molecule has 0 amide bonds. The van der Waals surface area contributed by atoms with Crippen LogP contribution < -0.4 is 11.1 Å². The van der Waals surface area contributed by atoms with Crippen LogP contribution in [0.2, 0.25) is 0 Å². The first-order valence-electron chi connectivity index (χ1n) is 5.99. The van der Waals surface area contributed by atoms with Gasteiger partial charge in [0, 0.05) is 12.2 Å². The highest BCUT2D eigenvalue weighted by Crippen LogP contribution is 2.15. The Hall–Kier alpha value is -2.03. The maximum Gasteiger partial charge on any atom is 0.148 e. The molecule has 3 heteroatoms. The average molecular weight is 244 g/mol. The van der Waals surface area contributed by atoms with Crippen LogP contribution in [0.5, 0.6) is 0 Å². The van der Waals surface area contributed by atoms with E-state index < -0.39 is 0 Å². The number of benzene rings is 2. The molecule has 0 spiro atoms. The Balaban J connectivity index is 1.88. The van der Waals surface area contributed by atoms with Gasteiger partial charge in [-0.3, -0.25) is 0 Å². The molecule has 0 heterocycles. The van der Waals surface area contributed by atoms with Crippen molar-refractivity contribution in [3.05, 3.63) is 59.4 Å². The van der Waals surface area contributed by atoms with Crippen LogP contribution in [0.15, 0.2) is 42.5 Å². The zero-order chi connectivity index (χ0) is 13.0. The molecule has 0 aliphatic rings. The van der Waals surface area contributed by atoms with Crippen LogP contribution in [-0.4, -0.2) is 6.54 Å². The van der Waals surface area contributed by atoms with Crippen molar-refractivity contribution in [3.8, 4) is 0 Å². The molecular weight excluding hydrogens is 227 g/mol. The lowest BCUT2D eigenvalue weighted by atomic mass is 10.1. The fourth-order valence-electron chi connectivity index (χ4n) is 1.74. The van der Waals surface area contributed by atoms with E-state index in [0.717, 1.165) is 18.7 Å². The second-order valence-corrected chi connectivity index (χ2v) is 4.40. The van der Waals surface area contributed by atoms with Gasteiger partial charge in [0.1, 0.15) is 5.82 Å². The maximum absolute atomic E-state index is 13.2. The predicted molar refractivity (Wildman–Crippen MR) is 74.2 cm³/mol. The minimum atomic E-state index is -0.379. The van der Waals surface area contributed by atoms with E-state index in [-0.39, 0.29) is 11.5 Å². The molecule has 0 saturated carbocycles. The Morgan fingerprint density at radius 3 is 2.50 bits per heavy atom. The minimum absolute atomic E-state index is 0.180. The van der Waals surface area contributed by atoms with Gasteiger partial charge in [-0.2, -0.15) is 0 Å². The molecule has 0 atom stereocenters. The van der Waals surface area contributed by atoms with Crippen molar-refractivity contribution in [2.45, 2.75) is 13.3 Å². The first-order chi connectivity index (χ1) is 8.65. The second-order valence-electron chi connectivity index (χ2n) is 4.40. The van der Waals surface area contributed by atoms with E-state index in [4.69, 9.17) is 5.73 Å². The van der Waals surface area contributed by atoms with Crippen molar-refractivity contribution >= 4 is 11.4 Å². The molecule has 0 aliphatic carbocycles. The molecule has 0 aromatic heterocycles. The Bertz CT molecular complexity index is 521. The summed E-state index contributed by atoms with van der Waals surface area (Å²) in [6.45, 7) is 2.84. The topological polar surface area (TPSA) is 38.0 Å². The van der Waals surface area contributed by atoms with Gasteiger partial charge in [0.2, 0.25) is 0 Å². The summed E-state index contributed by atoms with van der Waals surface area (Å²) in [7, 11) is 0. The molecule has 0 bridgehead atoms. The van der Waals surface area contributed by atoms with Crippen molar-refractivity contribution < 1.29 is 4.39 Å². The van der Waals surface area contributed by atoms with Gasteiger partial charge in [-0.1, -0.05) is 29.8 Å². The average Bonchev–Trinajstić information content (AvgIpc) is 2.36. The van der Waals surface area contributed by atoms with E-state index in [2.05, 4.69) is 36.5 Å². The molecule has 2 rings (SSSR count). The number of rotatable bonds is 4. The highest BCUT2D eigenvalue weighted by atomic mass is 19.1. The normalized spacial score (nSPS) is 10.3. The summed E-state index contributed by atoms with van der Waals surface area (Å²) in [5.74, 6) is -0.379. The van der Waals surface area contributed by atoms with Crippen LogP contribution in [0.1, 0.15) is 11.1 Å². The van der Waals surface area contributed by atoms with Crippen LogP contribution in [0.25, 0.3) is 0 Å². The summed E-state index contributed by atoms with van der Waals surface area (Å²) in [6.07, 6.45) is 0.909. The zero-order valence-electron chi connectivity index (χ0n) is 10.4. The molecule has 0 saturated heterocycles. The van der Waals surface area contributed by atoms with Gasteiger partial charge in [0.15, 0.2) is 0 Å². The second kappa shape index (κ2) is 5.54. The quantitative estimate of drug-likeness (QED) is 0.809. The fraction of sp³-hybridized carbons (Fsp3) is 0.200. The lowest BCUT2D eigenvalue weighted by molar-refractivity contribution is 0.633. The number of hydrogen-bond donors (Lipinski definition) is 2. The summed E-state index contributed by atoms with van der Waals surface area (Å²) >= 11 is 0. The van der Waals surface area contributed by atoms with Crippen LogP contribution in [0.3, 0.4) is 0 Å². The third-order valence-corrected chi connectivity index (χ3v) is 2.86. The maximum atomic E-state index is 13.2. The number of aryl methyl sites for hydroxylation is 1. The number of nitrogens with two attached hydrogens (primary N) is 1. The van der Waals surface area contributed by atoms with E-state index >= 15 is 0 Å². The molecule has 0 aliphatic heterocycles. The van der Waals surface area contributed by atoms with Crippen molar-refractivity contribution in [1.82, 2.24) is 0 Å². The molecule has 2 aromatic rings. The van der Waals surface area contributed by atoms with Gasteiger partial charge in [-0.05, 0) is 37.1 Å². The summed E-state index contributed by atoms with van der Waals surface area (Å²) in [5.41, 5.74) is 8.88. The summed E-state index contributed by atoms with van der Waals surface area (Å²) < 4.78 is 13.2. The number of halogens is 1. The number of nitrogen functional groups attached to an aromatic ring is 1. The third-order valence-electron chi connectivity index (χ3n) is 2.86. The van der Waals surface area contributed by atoms with E-state index in [1.807, 2.05) is 0 Å². The molecule has 18 heavy (non-hydrogen) atoms. The monoisotopic (exact) mass is 244 g/mol. The molecule has 0 radical (unpaired) electrons. The molecule has 0 fully saturated rings. The predicted octanol–water partition coefficient (Wildman–Crippen LogP) is 3.37. The largest absolute Gasteiger partial charge is 0.396 e. The Morgan fingerprint density at radius 1 is 1.11 bits per heavy atom. The lowest BCUT2D eigenvalue weighted by Gasteiger charge is -2.07. The Labute approximate surface area is 107 Å². The van der Waals surface area contributed by atoms with Crippen molar-refractivity contribution in [2.24, 2.45) is 0 Å². The van der Waals surface area contributed by atoms with Crippen LogP contribution in [-0.2, 0) is 6.42 Å². The number of anilines is 2. The fourth-order valence-corrected chi connectivity index (χ4v) is 1.74. The number of nitrogens with one attached hydrogen (secondary N) is 1. The van der Waals surface area contributed by atoms with Gasteiger partial charge in [-0.25, -0.2) is 4.39 Å². The Morgan fingerprint density at radius 2 is 1.83 bits per heavy atom. The van der Waals surface area contributed by atoms with Gasteiger partial charge < -0.3 is 11.1 Å². The van der Waals surface area contributed by atoms with Crippen molar-refractivity contribution in [2.75, 3.05) is 17.6 Å². The van der Waals surface area contributed by atoms with Crippen molar-refractivity contribution in [3.63, 3.8) is 0 Å². The smallest absolute Gasteiger partial charge is 0.148 e. The highest BCUT2D eigenvalue weighted by Gasteiger charge is 1.99. The standard InChI is InChI=1S/C15H17FN2/c1-11-2-4-12(5-3-11)8-9-18-13-6-7-15(17)14(16)10-13/h2-7,10,18H,8-9,17H2,1H3. The van der Waals surface area contributed by atoms with Crippen LogP contribution in [0, 0.1) is 12.7 Å². The third kappa shape index (κ3) is 3.23. The highest BCUT2D eigenvalue weighted by molar-refractivity contribution is 5.52. The molecule has 3 N–H and O–H groups in total. The summed E-state index contributed by atoms with van der Waals surface area (Å²) in [4.78, 5) is 0. The van der Waals surface area contributed by atoms with Crippen LogP contribution in [0.4, 0.5) is 15.8 Å². The lowest BCUT2D eigenvalue weighted by Crippen LogP contribution is -2.05. The first kappa shape index (κ1) is 12.4. The molecule has 2 nitrogen and oxygen atoms in total. The van der Waals surface area contributed by atoms with E-state index in [1.54, 1.807) is 12.1 Å². The molecule has 94 valence electrons. The first-order valence-corrected chi connectivity index (χ1v) is 5.99. The summed E-state index contributed by atoms with van der Waals surface area (Å²) in [5, 5.41) is 3.18. The zero-order valence-corrected chi connectivity index (χ0v) is 10.4. The summed E-state index contributed by atoms with van der Waals surface area (Å²) in [6, 6.07) is 13.2. The van der Waals surface area contributed by atoms with E-state index in [0.29, 0.717) is 0 Å². The van der Waals surface area contributed by atoms with Crippen LogP contribution >= 0.6 is 0 Å². The SMILES string of the molecule is Cc1ccc(CCNc2ccc(N)c(F)c2)cc1. The van der Waals surface area contributed by atoms with Gasteiger partial charge in [0.05, 0.1) is 5.69 Å². The van der Waals surface area contributed by atoms with E-state index in [9.17, 15) is 4.39 Å².